The van der Waals surface area contributed by atoms with Crippen LogP contribution in [0, 0.1) is 28.4 Å². The van der Waals surface area contributed by atoms with E-state index in [-0.39, 0.29) is 5.00 Å². The summed E-state index contributed by atoms with van der Waals surface area (Å²) in [6.45, 7) is 2.44. The monoisotopic (exact) mass is 273 g/mol. The number of aryl methyl sites for hydroxylation is 1. The summed E-state index contributed by atoms with van der Waals surface area (Å²) in [5, 5.41) is 24.5. The van der Waals surface area contributed by atoms with Crippen LogP contribution in [0.1, 0.15) is 16.7 Å². The minimum atomic E-state index is -0.393. The maximum absolute atomic E-state index is 10.6. The van der Waals surface area contributed by atoms with Crippen LogP contribution < -0.4 is 5.32 Å². The van der Waals surface area contributed by atoms with Gasteiger partial charge in [0.15, 0.2) is 0 Å². The number of nitrogens with one attached hydrogen (secondary N) is 1. The first-order valence-electron chi connectivity index (χ1n) is 5.56. The topological polar surface area (TPSA) is 79.0 Å². The van der Waals surface area contributed by atoms with Crippen LogP contribution in [0.25, 0.3) is 0 Å². The molecule has 0 aliphatic rings. The molecule has 1 aromatic carbocycles. The van der Waals surface area contributed by atoms with E-state index in [1.165, 1.54) is 0 Å². The fraction of sp³-hybridized carbons (Fsp3) is 0.154. The van der Waals surface area contributed by atoms with Crippen molar-refractivity contribution in [1.29, 1.82) is 5.26 Å². The normalized spacial score (nSPS) is 9.89. The Labute approximate surface area is 114 Å². The average Bonchev–Trinajstić information content (AvgIpc) is 2.87. The molecule has 0 fully saturated rings. The van der Waals surface area contributed by atoms with Crippen molar-refractivity contribution in [3.8, 4) is 6.07 Å². The molecule has 6 heteroatoms. The van der Waals surface area contributed by atoms with Crippen molar-refractivity contribution < 1.29 is 4.92 Å². The SMILES string of the molecule is Cc1ccc(C#N)cc1NCc1csc([N+](=O)[O-])c1. The van der Waals surface area contributed by atoms with Gasteiger partial charge in [0.25, 0.3) is 0 Å². The Hall–Kier alpha value is -2.39. The molecule has 0 radical (unpaired) electrons. The van der Waals surface area contributed by atoms with Crippen LogP contribution in [0.4, 0.5) is 10.7 Å². The summed E-state index contributed by atoms with van der Waals surface area (Å²) in [5.74, 6) is 0. The molecule has 0 spiro atoms. The molecule has 5 nitrogen and oxygen atoms in total. The molecule has 0 saturated heterocycles. The van der Waals surface area contributed by atoms with E-state index in [1.54, 1.807) is 23.6 Å². The number of thiophene rings is 1. The van der Waals surface area contributed by atoms with Crippen molar-refractivity contribution in [2.75, 3.05) is 5.32 Å². The minimum Gasteiger partial charge on any atom is -0.381 e. The van der Waals surface area contributed by atoms with E-state index >= 15 is 0 Å². The van der Waals surface area contributed by atoms with Gasteiger partial charge in [-0.25, -0.2) is 0 Å². The van der Waals surface area contributed by atoms with Crippen molar-refractivity contribution in [1.82, 2.24) is 0 Å². The number of nitrogens with zero attached hydrogens (tertiary/aromatic N) is 2. The summed E-state index contributed by atoms with van der Waals surface area (Å²) in [6.07, 6.45) is 0. The van der Waals surface area contributed by atoms with E-state index in [1.807, 2.05) is 13.0 Å². The van der Waals surface area contributed by atoms with Gasteiger partial charge >= 0.3 is 5.00 Å². The summed E-state index contributed by atoms with van der Waals surface area (Å²) in [5.41, 5.74) is 3.35. The Kier molecular flexibility index (Phi) is 3.78. The van der Waals surface area contributed by atoms with Gasteiger partial charge in [0.2, 0.25) is 0 Å². The van der Waals surface area contributed by atoms with Crippen LogP contribution in [0.15, 0.2) is 29.6 Å². The van der Waals surface area contributed by atoms with Crippen LogP contribution in [-0.4, -0.2) is 4.92 Å². The first kappa shape index (κ1) is 13.1. The Morgan fingerprint density at radius 2 is 2.26 bits per heavy atom. The third-order valence-electron chi connectivity index (χ3n) is 2.67. The first-order valence-corrected chi connectivity index (χ1v) is 6.44. The molecule has 0 bridgehead atoms. The van der Waals surface area contributed by atoms with Crippen molar-refractivity contribution in [3.05, 3.63) is 56.5 Å². The third kappa shape index (κ3) is 3.09. The van der Waals surface area contributed by atoms with E-state index < -0.39 is 4.92 Å². The Morgan fingerprint density at radius 1 is 1.47 bits per heavy atom. The number of anilines is 1. The second kappa shape index (κ2) is 5.50. The molecule has 1 aromatic heterocycles. The van der Waals surface area contributed by atoms with E-state index in [0.717, 1.165) is 28.2 Å². The fourth-order valence-corrected chi connectivity index (χ4v) is 2.36. The van der Waals surface area contributed by atoms with Crippen LogP contribution >= 0.6 is 11.3 Å². The number of hydrogen-bond donors (Lipinski definition) is 1. The molecular weight excluding hydrogens is 262 g/mol. The third-order valence-corrected chi connectivity index (χ3v) is 3.60. The molecule has 0 unspecified atom stereocenters. The zero-order valence-electron chi connectivity index (χ0n) is 10.2. The summed E-state index contributed by atoms with van der Waals surface area (Å²) < 4.78 is 0. The molecule has 0 saturated carbocycles. The van der Waals surface area contributed by atoms with Gasteiger partial charge in [0.05, 0.1) is 16.6 Å². The fourth-order valence-electron chi connectivity index (χ4n) is 1.63. The molecule has 96 valence electrons. The first-order chi connectivity index (χ1) is 9.10. The molecule has 0 aliphatic carbocycles. The summed E-state index contributed by atoms with van der Waals surface area (Å²) in [7, 11) is 0. The highest BCUT2D eigenvalue weighted by Gasteiger charge is 2.09. The van der Waals surface area contributed by atoms with Crippen molar-refractivity contribution in [3.63, 3.8) is 0 Å². The molecule has 1 N–H and O–H groups in total. The molecule has 19 heavy (non-hydrogen) atoms. The van der Waals surface area contributed by atoms with Crippen molar-refractivity contribution in [2.24, 2.45) is 0 Å². The van der Waals surface area contributed by atoms with Gasteiger partial charge in [0.1, 0.15) is 0 Å². The van der Waals surface area contributed by atoms with E-state index in [4.69, 9.17) is 5.26 Å². The van der Waals surface area contributed by atoms with E-state index in [9.17, 15) is 10.1 Å². The van der Waals surface area contributed by atoms with Gasteiger partial charge in [-0.2, -0.15) is 5.26 Å². The number of hydrogen-bond acceptors (Lipinski definition) is 5. The molecule has 2 aromatic rings. The lowest BCUT2D eigenvalue weighted by Crippen LogP contribution is -2.00. The van der Waals surface area contributed by atoms with Gasteiger partial charge in [0, 0.05) is 23.7 Å². The molecule has 1 heterocycles. The molecule has 0 aliphatic heterocycles. The maximum Gasteiger partial charge on any atom is 0.324 e. The quantitative estimate of drug-likeness (QED) is 0.683. The van der Waals surface area contributed by atoms with E-state index in [0.29, 0.717) is 12.1 Å². The zero-order chi connectivity index (χ0) is 13.8. The Balaban J connectivity index is 2.09. The molecule has 2 rings (SSSR count). The Morgan fingerprint density at radius 3 is 2.89 bits per heavy atom. The van der Waals surface area contributed by atoms with Gasteiger partial charge in [-0.05, 0) is 30.2 Å². The lowest BCUT2D eigenvalue weighted by atomic mass is 10.1. The van der Waals surface area contributed by atoms with Crippen molar-refractivity contribution >= 4 is 22.0 Å². The molecule has 0 amide bonds. The summed E-state index contributed by atoms with van der Waals surface area (Å²) in [6, 6.07) is 9.05. The highest BCUT2D eigenvalue weighted by Crippen LogP contribution is 2.24. The van der Waals surface area contributed by atoms with Crippen LogP contribution in [0.3, 0.4) is 0 Å². The summed E-state index contributed by atoms with van der Waals surface area (Å²) >= 11 is 1.11. The highest BCUT2D eigenvalue weighted by molar-refractivity contribution is 7.13. The average molecular weight is 273 g/mol. The summed E-state index contributed by atoms with van der Waals surface area (Å²) in [4.78, 5) is 10.2. The number of nitriles is 1. The zero-order valence-corrected chi connectivity index (χ0v) is 11.0. The highest BCUT2D eigenvalue weighted by atomic mass is 32.1. The second-order valence-electron chi connectivity index (χ2n) is 4.05. The maximum atomic E-state index is 10.6. The second-order valence-corrected chi connectivity index (χ2v) is 4.94. The number of rotatable bonds is 4. The van der Waals surface area contributed by atoms with E-state index in [2.05, 4.69) is 11.4 Å². The van der Waals surface area contributed by atoms with Gasteiger partial charge in [-0.1, -0.05) is 17.4 Å². The largest absolute Gasteiger partial charge is 0.381 e. The van der Waals surface area contributed by atoms with Gasteiger partial charge < -0.3 is 5.32 Å². The number of benzene rings is 1. The Bertz CT molecular complexity index is 658. The predicted molar refractivity (Wildman–Crippen MR) is 74.2 cm³/mol. The van der Waals surface area contributed by atoms with Crippen molar-refractivity contribution in [2.45, 2.75) is 13.5 Å². The lowest BCUT2D eigenvalue weighted by Gasteiger charge is -2.08. The van der Waals surface area contributed by atoms with Gasteiger partial charge in [-0.15, -0.1) is 0 Å². The lowest BCUT2D eigenvalue weighted by molar-refractivity contribution is -0.380. The van der Waals surface area contributed by atoms with Crippen LogP contribution in [-0.2, 0) is 6.54 Å². The van der Waals surface area contributed by atoms with Crippen LogP contribution in [0.5, 0.6) is 0 Å². The standard InChI is InChI=1S/C13H11N3O2S/c1-9-2-3-10(6-14)4-12(9)15-7-11-5-13(16(17)18)19-8-11/h2-5,8,15H,7H2,1H3. The molecule has 0 atom stereocenters. The van der Waals surface area contributed by atoms with Crippen LogP contribution in [0.2, 0.25) is 0 Å². The van der Waals surface area contributed by atoms with Gasteiger partial charge in [-0.3, -0.25) is 10.1 Å². The predicted octanol–water partition coefficient (Wildman–Crippen LogP) is 3.45. The molecular formula is C13H11N3O2S. The minimum absolute atomic E-state index is 0.138. The number of nitro groups is 1. The smallest absolute Gasteiger partial charge is 0.324 e.